The normalized spacial score (nSPS) is 13.1. The van der Waals surface area contributed by atoms with Gasteiger partial charge in [-0.05, 0) is 44.5 Å². The molecule has 1 amide bonds. The van der Waals surface area contributed by atoms with Gasteiger partial charge in [-0.15, -0.1) is 0 Å². The quantitative estimate of drug-likeness (QED) is 0.878. The van der Waals surface area contributed by atoms with Crippen molar-refractivity contribution in [2.75, 3.05) is 10.6 Å². The number of anilines is 3. The third-order valence-electron chi connectivity index (χ3n) is 3.49. The van der Waals surface area contributed by atoms with E-state index in [-0.39, 0.29) is 5.91 Å². The van der Waals surface area contributed by atoms with Crippen LogP contribution in [0.2, 0.25) is 0 Å². The average molecular weight is 268 g/mol. The molecule has 0 spiro atoms. The van der Waals surface area contributed by atoms with Crippen molar-refractivity contribution in [3.63, 3.8) is 0 Å². The second kappa shape index (κ2) is 4.59. The molecular weight excluding hydrogens is 252 g/mol. The third kappa shape index (κ3) is 2.22. The first kappa shape index (κ1) is 12.6. The molecule has 0 bridgehead atoms. The molecule has 1 aromatic heterocycles. The summed E-state index contributed by atoms with van der Waals surface area (Å²) in [7, 11) is 0. The summed E-state index contributed by atoms with van der Waals surface area (Å²) in [5.41, 5.74) is 4.84. The molecule has 1 aromatic carbocycles. The first-order chi connectivity index (χ1) is 9.52. The molecule has 2 aromatic rings. The standard InChI is InChI=1S/C15H16N4O/c1-8-9(2)16-10(3)17-15(8)18-12-4-5-13-11(6-12)7-14(20)19-13/h4-6H,7H2,1-3H3,(H,19,20)(H,16,17,18). The van der Waals surface area contributed by atoms with Crippen molar-refractivity contribution in [1.29, 1.82) is 0 Å². The van der Waals surface area contributed by atoms with Gasteiger partial charge in [-0.25, -0.2) is 9.97 Å². The smallest absolute Gasteiger partial charge is 0.228 e. The number of aryl methyl sites for hydroxylation is 2. The van der Waals surface area contributed by atoms with Gasteiger partial charge >= 0.3 is 0 Å². The topological polar surface area (TPSA) is 66.9 Å². The summed E-state index contributed by atoms with van der Waals surface area (Å²) in [6, 6.07) is 5.84. The molecule has 0 radical (unpaired) electrons. The highest BCUT2D eigenvalue weighted by Gasteiger charge is 2.17. The maximum Gasteiger partial charge on any atom is 0.228 e. The van der Waals surface area contributed by atoms with Crippen molar-refractivity contribution in [1.82, 2.24) is 9.97 Å². The van der Waals surface area contributed by atoms with Gasteiger partial charge in [0.05, 0.1) is 6.42 Å². The minimum absolute atomic E-state index is 0.0436. The van der Waals surface area contributed by atoms with Gasteiger partial charge in [0.25, 0.3) is 0 Å². The molecule has 3 rings (SSSR count). The van der Waals surface area contributed by atoms with Gasteiger partial charge in [0.1, 0.15) is 11.6 Å². The number of hydrogen-bond donors (Lipinski definition) is 2. The fourth-order valence-electron chi connectivity index (χ4n) is 2.33. The van der Waals surface area contributed by atoms with Gasteiger partial charge in [-0.2, -0.15) is 0 Å². The monoisotopic (exact) mass is 268 g/mol. The zero-order valence-corrected chi connectivity index (χ0v) is 11.7. The Bertz CT molecular complexity index is 709. The van der Waals surface area contributed by atoms with Crippen LogP contribution < -0.4 is 10.6 Å². The fourth-order valence-corrected chi connectivity index (χ4v) is 2.33. The lowest BCUT2D eigenvalue weighted by Gasteiger charge is -2.12. The SMILES string of the molecule is Cc1nc(C)c(C)c(Nc2ccc3c(c2)CC(=O)N3)n1. The molecule has 5 heteroatoms. The highest BCUT2D eigenvalue weighted by Crippen LogP contribution is 2.28. The molecule has 0 fully saturated rings. The van der Waals surface area contributed by atoms with Gasteiger partial charge in [-0.3, -0.25) is 4.79 Å². The van der Waals surface area contributed by atoms with Gasteiger partial charge in [0.2, 0.25) is 5.91 Å². The Morgan fingerprint density at radius 1 is 1.20 bits per heavy atom. The van der Waals surface area contributed by atoms with E-state index in [0.29, 0.717) is 6.42 Å². The van der Waals surface area contributed by atoms with Crippen LogP contribution in [-0.2, 0) is 11.2 Å². The van der Waals surface area contributed by atoms with Crippen LogP contribution in [0.25, 0.3) is 0 Å². The van der Waals surface area contributed by atoms with Crippen molar-refractivity contribution >= 4 is 23.1 Å². The maximum atomic E-state index is 11.4. The number of hydrogen-bond acceptors (Lipinski definition) is 4. The van der Waals surface area contributed by atoms with Gasteiger partial charge < -0.3 is 10.6 Å². The Kier molecular flexibility index (Phi) is 2.89. The van der Waals surface area contributed by atoms with Crippen LogP contribution in [0.4, 0.5) is 17.2 Å². The first-order valence-electron chi connectivity index (χ1n) is 6.54. The molecule has 0 saturated carbocycles. The summed E-state index contributed by atoms with van der Waals surface area (Å²) in [5.74, 6) is 1.60. The lowest BCUT2D eigenvalue weighted by atomic mass is 10.1. The van der Waals surface area contributed by atoms with E-state index < -0.39 is 0 Å². The summed E-state index contributed by atoms with van der Waals surface area (Å²) in [5, 5.41) is 6.13. The molecule has 2 heterocycles. The summed E-state index contributed by atoms with van der Waals surface area (Å²) in [6.45, 7) is 5.85. The Hall–Kier alpha value is -2.43. The van der Waals surface area contributed by atoms with Crippen molar-refractivity contribution in [3.8, 4) is 0 Å². The van der Waals surface area contributed by atoms with Crippen LogP contribution in [0.3, 0.4) is 0 Å². The zero-order valence-electron chi connectivity index (χ0n) is 11.7. The molecule has 0 atom stereocenters. The number of aromatic nitrogens is 2. The lowest BCUT2D eigenvalue weighted by Crippen LogP contribution is -2.03. The molecule has 1 aliphatic rings. The molecule has 0 unspecified atom stereocenters. The first-order valence-corrected chi connectivity index (χ1v) is 6.54. The molecule has 20 heavy (non-hydrogen) atoms. The molecular formula is C15H16N4O. The van der Waals surface area contributed by atoms with Gasteiger partial charge in [0, 0.05) is 22.6 Å². The van der Waals surface area contributed by atoms with Crippen LogP contribution >= 0.6 is 0 Å². The number of rotatable bonds is 2. The van der Waals surface area contributed by atoms with Crippen LogP contribution in [0.15, 0.2) is 18.2 Å². The van der Waals surface area contributed by atoms with Crippen molar-refractivity contribution < 1.29 is 4.79 Å². The summed E-state index contributed by atoms with van der Waals surface area (Å²) < 4.78 is 0. The number of nitrogens with zero attached hydrogens (tertiary/aromatic N) is 2. The summed E-state index contributed by atoms with van der Waals surface area (Å²) in [4.78, 5) is 20.1. The number of carbonyl (C=O) groups is 1. The number of carbonyl (C=O) groups excluding carboxylic acids is 1. The fraction of sp³-hybridized carbons (Fsp3) is 0.267. The maximum absolute atomic E-state index is 11.4. The van der Waals surface area contributed by atoms with E-state index in [1.54, 1.807) is 0 Å². The van der Waals surface area contributed by atoms with Crippen LogP contribution in [0, 0.1) is 20.8 Å². The van der Waals surface area contributed by atoms with E-state index in [4.69, 9.17) is 0 Å². The van der Waals surface area contributed by atoms with Crippen molar-refractivity contribution in [2.45, 2.75) is 27.2 Å². The van der Waals surface area contributed by atoms with E-state index in [9.17, 15) is 4.79 Å². The number of amides is 1. The lowest BCUT2D eigenvalue weighted by molar-refractivity contribution is -0.115. The molecule has 102 valence electrons. The van der Waals surface area contributed by atoms with E-state index in [1.807, 2.05) is 39.0 Å². The van der Waals surface area contributed by atoms with Crippen LogP contribution in [0.1, 0.15) is 22.6 Å². The minimum Gasteiger partial charge on any atom is -0.340 e. The minimum atomic E-state index is 0.0436. The second-order valence-corrected chi connectivity index (χ2v) is 5.05. The highest BCUT2D eigenvalue weighted by atomic mass is 16.1. The third-order valence-corrected chi connectivity index (χ3v) is 3.49. The molecule has 5 nitrogen and oxygen atoms in total. The predicted octanol–water partition coefficient (Wildman–Crippen LogP) is 2.64. The van der Waals surface area contributed by atoms with E-state index >= 15 is 0 Å². The largest absolute Gasteiger partial charge is 0.340 e. The number of fused-ring (bicyclic) bond motifs is 1. The molecule has 2 N–H and O–H groups in total. The molecule has 1 aliphatic heterocycles. The van der Waals surface area contributed by atoms with Crippen LogP contribution in [0.5, 0.6) is 0 Å². The van der Waals surface area contributed by atoms with Crippen molar-refractivity contribution in [2.24, 2.45) is 0 Å². The summed E-state index contributed by atoms with van der Waals surface area (Å²) in [6.07, 6.45) is 0.436. The Morgan fingerprint density at radius 3 is 2.80 bits per heavy atom. The second-order valence-electron chi connectivity index (χ2n) is 5.05. The number of benzene rings is 1. The van der Waals surface area contributed by atoms with E-state index in [1.165, 1.54) is 0 Å². The molecule has 0 saturated heterocycles. The van der Waals surface area contributed by atoms with E-state index in [0.717, 1.165) is 39.8 Å². The molecule has 0 aliphatic carbocycles. The van der Waals surface area contributed by atoms with Gasteiger partial charge in [0.15, 0.2) is 0 Å². The summed E-state index contributed by atoms with van der Waals surface area (Å²) >= 11 is 0. The van der Waals surface area contributed by atoms with Gasteiger partial charge in [-0.1, -0.05) is 0 Å². The highest BCUT2D eigenvalue weighted by molar-refractivity contribution is 5.99. The zero-order chi connectivity index (χ0) is 14.3. The predicted molar refractivity (Wildman–Crippen MR) is 78.3 cm³/mol. The van der Waals surface area contributed by atoms with Crippen LogP contribution in [-0.4, -0.2) is 15.9 Å². The Morgan fingerprint density at radius 2 is 2.00 bits per heavy atom. The Balaban J connectivity index is 1.93. The number of nitrogens with one attached hydrogen (secondary N) is 2. The van der Waals surface area contributed by atoms with E-state index in [2.05, 4.69) is 20.6 Å². The Labute approximate surface area is 117 Å². The average Bonchev–Trinajstić information content (AvgIpc) is 2.74. The van der Waals surface area contributed by atoms with Crippen molar-refractivity contribution in [3.05, 3.63) is 40.8 Å².